The minimum atomic E-state index is -0.399. The van der Waals surface area contributed by atoms with Gasteiger partial charge in [-0.3, -0.25) is 14.4 Å². The highest BCUT2D eigenvalue weighted by Crippen LogP contribution is 2.39. The predicted octanol–water partition coefficient (Wildman–Crippen LogP) is 4.00. The Balaban J connectivity index is 2.02. The van der Waals surface area contributed by atoms with Gasteiger partial charge in [0.05, 0.1) is 17.3 Å². The van der Waals surface area contributed by atoms with Crippen LogP contribution in [0.15, 0.2) is 29.3 Å². The molecule has 7 heteroatoms. The molecule has 3 aromatic rings. The van der Waals surface area contributed by atoms with Gasteiger partial charge in [0.1, 0.15) is 22.7 Å². The van der Waals surface area contributed by atoms with Crippen LogP contribution in [0.25, 0.3) is 5.00 Å². The normalized spacial score (nSPS) is 15.2. The molecule has 0 radical (unpaired) electrons. The van der Waals surface area contributed by atoms with E-state index in [0.717, 1.165) is 33.2 Å². The highest BCUT2D eigenvalue weighted by Gasteiger charge is 2.31. The van der Waals surface area contributed by atoms with E-state index in [1.165, 1.54) is 4.88 Å². The zero-order valence-corrected chi connectivity index (χ0v) is 17.0. The molecule has 0 unspecified atom stereocenters. The molecule has 0 saturated carbocycles. The van der Waals surface area contributed by atoms with Gasteiger partial charge in [0.15, 0.2) is 5.82 Å². The van der Waals surface area contributed by atoms with E-state index >= 15 is 0 Å². The molecule has 4 rings (SSSR count). The van der Waals surface area contributed by atoms with Gasteiger partial charge in [-0.15, -0.1) is 21.5 Å². The van der Waals surface area contributed by atoms with Gasteiger partial charge in [0.2, 0.25) is 0 Å². The fourth-order valence-corrected chi connectivity index (χ4v) is 4.71. The van der Waals surface area contributed by atoms with Crippen LogP contribution in [0.1, 0.15) is 58.2 Å². The van der Waals surface area contributed by atoms with Crippen LogP contribution in [0.5, 0.6) is 0 Å². The average Bonchev–Trinajstić information content (AvgIpc) is 3.14. The first kappa shape index (κ1) is 18.3. The van der Waals surface area contributed by atoms with Gasteiger partial charge in [0.25, 0.3) is 0 Å². The van der Waals surface area contributed by atoms with Gasteiger partial charge in [-0.2, -0.15) is 5.26 Å². The highest BCUT2D eigenvalue weighted by molar-refractivity contribution is 7.15. The van der Waals surface area contributed by atoms with E-state index < -0.39 is 6.04 Å². The lowest BCUT2D eigenvalue weighted by Gasteiger charge is -2.11. The Bertz CT molecular complexity index is 1160. The number of hydrogen-bond acceptors (Lipinski definition) is 6. The summed E-state index contributed by atoms with van der Waals surface area (Å²) < 4.78 is 2.04. The van der Waals surface area contributed by atoms with Crippen molar-refractivity contribution in [3.63, 3.8) is 0 Å². The van der Waals surface area contributed by atoms with E-state index in [9.17, 15) is 4.79 Å². The molecule has 1 aliphatic rings. The van der Waals surface area contributed by atoms with Crippen LogP contribution in [0.2, 0.25) is 0 Å². The van der Waals surface area contributed by atoms with E-state index in [1.54, 1.807) is 30.4 Å². The summed E-state index contributed by atoms with van der Waals surface area (Å²) in [5.74, 6) is 1.53. The third kappa shape index (κ3) is 2.86. The van der Waals surface area contributed by atoms with Gasteiger partial charge in [-0.25, -0.2) is 0 Å². The zero-order valence-electron chi connectivity index (χ0n) is 16.1. The number of aromatic nitrogens is 3. The number of nitriles is 1. The monoisotopic (exact) mass is 389 g/mol. The number of hydrogen-bond donors (Lipinski definition) is 0. The van der Waals surface area contributed by atoms with Gasteiger partial charge >= 0.3 is 0 Å². The number of carbonyl (C=O) groups excluding carboxylic acids is 1. The summed E-state index contributed by atoms with van der Waals surface area (Å²) in [6.07, 6.45) is 0.269. The lowest BCUT2D eigenvalue weighted by Crippen LogP contribution is -2.09. The standard InChI is InChI=1S/C21H19N5OS/c1-11(27)9-17-20-25-24-14(4)26(20)21-18(12(2)13(3)28-21)19(23-17)16-7-5-15(10-22)6-8-16/h5-8,17H,9H2,1-4H3/t17-/m1/s1. The summed E-state index contributed by atoms with van der Waals surface area (Å²) in [5, 5.41) is 18.8. The second kappa shape index (κ2) is 6.80. The number of Topliss-reactive ketones (excluding diaryl/α,β-unsaturated/α-hetero) is 1. The van der Waals surface area contributed by atoms with Crippen LogP contribution in [0, 0.1) is 32.1 Å². The second-order valence-corrected chi connectivity index (χ2v) is 8.20. The van der Waals surface area contributed by atoms with Crippen molar-refractivity contribution in [2.45, 2.75) is 40.2 Å². The molecular formula is C21H19N5OS. The van der Waals surface area contributed by atoms with Crippen LogP contribution >= 0.6 is 11.3 Å². The van der Waals surface area contributed by atoms with E-state index in [-0.39, 0.29) is 12.2 Å². The Kier molecular flexibility index (Phi) is 4.44. The fraction of sp³-hybridized carbons (Fsp3) is 0.286. The second-order valence-electron chi connectivity index (χ2n) is 6.99. The Hall–Kier alpha value is -3.11. The minimum Gasteiger partial charge on any atom is -0.300 e. The lowest BCUT2D eigenvalue weighted by atomic mass is 9.98. The number of aryl methyl sites for hydroxylation is 2. The lowest BCUT2D eigenvalue weighted by molar-refractivity contribution is -0.117. The summed E-state index contributed by atoms with van der Waals surface area (Å²) in [6.45, 7) is 7.68. The van der Waals surface area contributed by atoms with Crippen molar-refractivity contribution in [3.05, 3.63) is 63.0 Å². The van der Waals surface area contributed by atoms with E-state index in [4.69, 9.17) is 10.3 Å². The van der Waals surface area contributed by atoms with Crippen LogP contribution in [-0.4, -0.2) is 26.3 Å². The van der Waals surface area contributed by atoms with Gasteiger partial charge in [-0.1, -0.05) is 12.1 Å². The number of nitrogens with zero attached hydrogens (tertiary/aromatic N) is 5. The third-order valence-electron chi connectivity index (χ3n) is 5.01. The molecule has 0 saturated heterocycles. The highest BCUT2D eigenvalue weighted by atomic mass is 32.1. The van der Waals surface area contributed by atoms with Crippen molar-refractivity contribution in [2.75, 3.05) is 0 Å². The summed E-state index contributed by atoms with van der Waals surface area (Å²) in [6, 6.07) is 9.17. The van der Waals surface area contributed by atoms with Crippen LogP contribution in [-0.2, 0) is 4.79 Å². The molecule has 140 valence electrons. The molecular weight excluding hydrogens is 370 g/mol. The fourth-order valence-electron chi connectivity index (χ4n) is 3.50. The van der Waals surface area contributed by atoms with Gasteiger partial charge in [0, 0.05) is 22.4 Å². The molecule has 0 spiro atoms. The Labute approximate surface area is 167 Å². The maximum atomic E-state index is 11.9. The number of benzene rings is 1. The van der Waals surface area contributed by atoms with Crippen molar-refractivity contribution in [2.24, 2.45) is 4.99 Å². The first-order valence-corrected chi connectivity index (χ1v) is 9.82. The summed E-state index contributed by atoms with van der Waals surface area (Å²) in [4.78, 5) is 18.2. The van der Waals surface area contributed by atoms with E-state index in [2.05, 4.69) is 30.1 Å². The number of aliphatic imine (C=N–C) groups is 1. The number of thiophene rings is 1. The Morgan fingerprint density at radius 2 is 1.93 bits per heavy atom. The van der Waals surface area contributed by atoms with Crippen molar-refractivity contribution < 1.29 is 4.79 Å². The van der Waals surface area contributed by atoms with Crippen molar-refractivity contribution in [3.8, 4) is 11.1 Å². The molecule has 0 fully saturated rings. The Morgan fingerprint density at radius 3 is 2.57 bits per heavy atom. The summed E-state index contributed by atoms with van der Waals surface area (Å²) in [7, 11) is 0. The van der Waals surface area contributed by atoms with Crippen molar-refractivity contribution in [1.29, 1.82) is 5.26 Å². The number of ketones is 1. The van der Waals surface area contributed by atoms with Crippen LogP contribution < -0.4 is 0 Å². The number of fused-ring (bicyclic) bond motifs is 3. The maximum absolute atomic E-state index is 11.9. The van der Waals surface area contributed by atoms with Gasteiger partial charge in [-0.05, 0) is 45.4 Å². The molecule has 6 nitrogen and oxygen atoms in total. The molecule has 0 N–H and O–H groups in total. The molecule has 0 aliphatic carbocycles. The average molecular weight is 389 g/mol. The quantitative estimate of drug-likeness (QED) is 0.678. The summed E-state index contributed by atoms with van der Waals surface area (Å²) >= 11 is 1.68. The predicted molar refractivity (Wildman–Crippen MR) is 108 cm³/mol. The van der Waals surface area contributed by atoms with Crippen molar-refractivity contribution in [1.82, 2.24) is 14.8 Å². The van der Waals surface area contributed by atoms with E-state index in [1.807, 2.05) is 23.6 Å². The van der Waals surface area contributed by atoms with Crippen LogP contribution in [0.4, 0.5) is 0 Å². The molecule has 1 aromatic carbocycles. The summed E-state index contributed by atoms with van der Waals surface area (Å²) in [5.41, 5.74) is 4.56. The molecule has 0 amide bonds. The maximum Gasteiger partial charge on any atom is 0.163 e. The first-order valence-electron chi connectivity index (χ1n) is 9.01. The zero-order chi connectivity index (χ0) is 20.0. The topological polar surface area (TPSA) is 83.9 Å². The number of carbonyl (C=O) groups is 1. The number of rotatable bonds is 3. The third-order valence-corrected chi connectivity index (χ3v) is 6.20. The molecule has 28 heavy (non-hydrogen) atoms. The molecule has 1 atom stereocenters. The largest absolute Gasteiger partial charge is 0.300 e. The molecule has 1 aliphatic heterocycles. The molecule has 2 aromatic heterocycles. The minimum absolute atomic E-state index is 0.0540. The molecule has 3 heterocycles. The van der Waals surface area contributed by atoms with Gasteiger partial charge < -0.3 is 0 Å². The molecule has 0 bridgehead atoms. The smallest absolute Gasteiger partial charge is 0.163 e. The van der Waals surface area contributed by atoms with E-state index in [0.29, 0.717) is 11.4 Å². The Morgan fingerprint density at radius 1 is 1.21 bits per heavy atom. The first-order chi connectivity index (χ1) is 13.4. The SMILES string of the molecule is CC(=O)C[C@H]1N=C(c2ccc(C#N)cc2)c2c(sc(C)c2C)-n2c(C)nnc21. The van der Waals surface area contributed by atoms with Crippen molar-refractivity contribution >= 4 is 22.8 Å². The van der Waals surface area contributed by atoms with Crippen LogP contribution in [0.3, 0.4) is 0 Å².